The molecule has 0 N–H and O–H groups in total. The minimum Gasteiger partial charge on any atom is -0.0648 e. The molecule has 0 nitrogen and oxygen atoms in total. The fourth-order valence-corrected chi connectivity index (χ4v) is 2.75. The van der Waals surface area contributed by atoms with Crippen molar-refractivity contribution in [2.75, 3.05) is 0 Å². The number of rotatable bonds is 3. The molecule has 72 valence electrons. The van der Waals surface area contributed by atoms with E-state index in [9.17, 15) is 0 Å². The first-order valence-corrected chi connectivity index (χ1v) is 5.61. The molecule has 1 fully saturated rings. The summed E-state index contributed by atoms with van der Waals surface area (Å²) in [7, 11) is 0. The lowest BCUT2D eigenvalue weighted by Crippen LogP contribution is -2.30. The maximum absolute atomic E-state index is 2.49. The predicted molar refractivity (Wildman–Crippen MR) is 55.2 cm³/mol. The first-order chi connectivity index (χ1) is 5.61. The molecule has 1 aliphatic carbocycles. The Morgan fingerprint density at radius 1 is 1.25 bits per heavy atom. The van der Waals surface area contributed by atoms with Crippen molar-refractivity contribution in [2.45, 2.75) is 59.8 Å². The summed E-state index contributed by atoms with van der Waals surface area (Å²) in [6.07, 6.45) is 7.29. The molecule has 1 unspecified atom stereocenters. The Morgan fingerprint density at radius 3 is 2.08 bits per heavy atom. The van der Waals surface area contributed by atoms with Gasteiger partial charge in [-0.05, 0) is 30.1 Å². The smallest absolute Gasteiger partial charge is 0.0277 e. The summed E-state index contributed by atoms with van der Waals surface area (Å²) in [6, 6.07) is 0. The molecule has 0 spiro atoms. The van der Waals surface area contributed by atoms with Crippen LogP contribution in [0.25, 0.3) is 0 Å². The van der Waals surface area contributed by atoms with Crippen LogP contribution in [0.1, 0.15) is 59.8 Å². The van der Waals surface area contributed by atoms with Crippen molar-refractivity contribution in [2.24, 2.45) is 17.3 Å². The van der Waals surface area contributed by atoms with E-state index >= 15 is 0 Å². The van der Waals surface area contributed by atoms with Gasteiger partial charge in [-0.25, -0.2) is 0 Å². The average Bonchev–Trinajstić information content (AvgIpc) is 2.54. The minimum atomic E-state index is 0.622. The molecule has 0 heteroatoms. The van der Waals surface area contributed by atoms with Gasteiger partial charge in [0.2, 0.25) is 0 Å². The first kappa shape index (κ1) is 10.1. The zero-order valence-electron chi connectivity index (χ0n) is 9.19. The van der Waals surface area contributed by atoms with Crippen molar-refractivity contribution in [1.29, 1.82) is 0 Å². The first-order valence-electron chi connectivity index (χ1n) is 5.61. The van der Waals surface area contributed by atoms with Crippen molar-refractivity contribution in [3.63, 3.8) is 0 Å². The SMILES string of the molecule is CCC(C)(C(C)C)C1CCCC1. The predicted octanol–water partition coefficient (Wildman–Crippen LogP) is 4.25. The molecule has 0 radical (unpaired) electrons. The standard InChI is InChI=1S/C12H24/c1-5-12(4,10(2)3)11-8-6-7-9-11/h10-11H,5-9H2,1-4H3. The Labute approximate surface area is 77.7 Å². The van der Waals surface area contributed by atoms with Crippen molar-refractivity contribution < 1.29 is 0 Å². The van der Waals surface area contributed by atoms with E-state index in [1.54, 1.807) is 0 Å². The van der Waals surface area contributed by atoms with Crippen molar-refractivity contribution in [3.05, 3.63) is 0 Å². The zero-order valence-corrected chi connectivity index (χ0v) is 9.19. The van der Waals surface area contributed by atoms with E-state index in [1.165, 1.54) is 32.1 Å². The summed E-state index contributed by atoms with van der Waals surface area (Å²) < 4.78 is 0. The van der Waals surface area contributed by atoms with Crippen molar-refractivity contribution >= 4 is 0 Å². The van der Waals surface area contributed by atoms with Crippen LogP contribution < -0.4 is 0 Å². The molecule has 0 amide bonds. The van der Waals surface area contributed by atoms with Gasteiger partial charge in [0.05, 0.1) is 0 Å². The summed E-state index contributed by atoms with van der Waals surface area (Å²) in [5.74, 6) is 1.87. The van der Waals surface area contributed by atoms with Crippen molar-refractivity contribution in [1.82, 2.24) is 0 Å². The largest absolute Gasteiger partial charge is 0.0648 e. The molecular weight excluding hydrogens is 144 g/mol. The van der Waals surface area contributed by atoms with E-state index in [2.05, 4.69) is 27.7 Å². The Kier molecular flexibility index (Phi) is 3.20. The maximum atomic E-state index is 2.49. The van der Waals surface area contributed by atoms with E-state index in [-0.39, 0.29) is 0 Å². The van der Waals surface area contributed by atoms with Crippen LogP contribution in [0.5, 0.6) is 0 Å². The number of hydrogen-bond donors (Lipinski definition) is 0. The molecule has 1 aliphatic rings. The van der Waals surface area contributed by atoms with Gasteiger partial charge in [-0.15, -0.1) is 0 Å². The van der Waals surface area contributed by atoms with E-state index in [1.807, 2.05) is 0 Å². The Morgan fingerprint density at radius 2 is 1.75 bits per heavy atom. The normalized spacial score (nSPS) is 24.8. The third-order valence-corrected chi connectivity index (χ3v) is 4.37. The van der Waals surface area contributed by atoms with Gasteiger partial charge in [-0.2, -0.15) is 0 Å². The highest BCUT2D eigenvalue weighted by molar-refractivity contribution is 4.86. The third kappa shape index (κ3) is 1.67. The van der Waals surface area contributed by atoms with Gasteiger partial charge in [-0.3, -0.25) is 0 Å². The highest BCUT2D eigenvalue weighted by Crippen LogP contribution is 2.46. The Bertz CT molecular complexity index is 131. The Balaban J connectivity index is 2.64. The van der Waals surface area contributed by atoms with Crippen LogP contribution in [-0.4, -0.2) is 0 Å². The van der Waals surface area contributed by atoms with Crippen LogP contribution >= 0.6 is 0 Å². The average molecular weight is 168 g/mol. The molecule has 12 heavy (non-hydrogen) atoms. The maximum Gasteiger partial charge on any atom is -0.0277 e. The van der Waals surface area contributed by atoms with Crippen LogP contribution in [0, 0.1) is 17.3 Å². The van der Waals surface area contributed by atoms with Gasteiger partial charge >= 0.3 is 0 Å². The van der Waals surface area contributed by atoms with E-state index < -0.39 is 0 Å². The highest BCUT2D eigenvalue weighted by Gasteiger charge is 2.36. The molecule has 1 saturated carbocycles. The molecule has 0 bridgehead atoms. The van der Waals surface area contributed by atoms with Gasteiger partial charge in [-0.1, -0.05) is 47.0 Å². The van der Waals surface area contributed by atoms with E-state index in [0.717, 1.165) is 11.8 Å². The second-order valence-corrected chi connectivity index (χ2v) is 5.00. The molecule has 0 heterocycles. The summed E-state index contributed by atoms with van der Waals surface area (Å²) in [5, 5.41) is 0. The summed E-state index contributed by atoms with van der Waals surface area (Å²) in [5.41, 5.74) is 0.622. The molecule has 1 atom stereocenters. The third-order valence-electron chi connectivity index (χ3n) is 4.37. The zero-order chi connectivity index (χ0) is 9.19. The van der Waals surface area contributed by atoms with Crippen LogP contribution in [-0.2, 0) is 0 Å². The lowest BCUT2D eigenvalue weighted by atomic mass is 9.67. The summed E-state index contributed by atoms with van der Waals surface area (Å²) in [4.78, 5) is 0. The van der Waals surface area contributed by atoms with Gasteiger partial charge in [0.1, 0.15) is 0 Å². The molecule has 0 aromatic carbocycles. The van der Waals surface area contributed by atoms with Crippen LogP contribution in [0.15, 0.2) is 0 Å². The topological polar surface area (TPSA) is 0 Å². The lowest BCUT2D eigenvalue weighted by Gasteiger charge is -2.39. The van der Waals surface area contributed by atoms with Gasteiger partial charge in [0.15, 0.2) is 0 Å². The van der Waals surface area contributed by atoms with Gasteiger partial charge in [0.25, 0.3) is 0 Å². The molecule has 0 aliphatic heterocycles. The van der Waals surface area contributed by atoms with E-state index in [0.29, 0.717) is 5.41 Å². The number of hydrogen-bond acceptors (Lipinski definition) is 0. The molecule has 0 aromatic heterocycles. The molecule has 0 aromatic rings. The van der Waals surface area contributed by atoms with Crippen LogP contribution in [0.4, 0.5) is 0 Å². The second-order valence-electron chi connectivity index (χ2n) is 5.00. The molecular formula is C12H24. The van der Waals surface area contributed by atoms with Crippen LogP contribution in [0.3, 0.4) is 0 Å². The monoisotopic (exact) mass is 168 g/mol. The van der Waals surface area contributed by atoms with Crippen LogP contribution in [0.2, 0.25) is 0 Å². The van der Waals surface area contributed by atoms with Crippen molar-refractivity contribution in [3.8, 4) is 0 Å². The fourth-order valence-electron chi connectivity index (χ4n) is 2.75. The van der Waals surface area contributed by atoms with Gasteiger partial charge in [0, 0.05) is 0 Å². The minimum absolute atomic E-state index is 0.622. The van der Waals surface area contributed by atoms with Gasteiger partial charge < -0.3 is 0 Å². The Hall–Kier alpha value is 0. The highest BCUT2D eigenvalue weighted by atomic mass is 14.4. The quantitative estimate of drug-likeness (QED) is 0.591. The summed E-state index contributed by atoms with van der Waals surface area (Å²) in [6.45, 7) is 9.63. The molecule has 1 rings (SSSR count). The summed E-state index contributed by atoms with van der Waals surface area (Å²) >= 11 is 0. The fraction of sp³-hybridized carbons (Fsp3) is 1.00. The lowest BCUT2D eigenvalue weighted by molar-refractivity contribution is 0.110. The second kappa shape index (κ2) is 3.81. The molecule has 0 saturated heterocycles. The van der Waals surface area contributed by atoms with E-state index in [4.69, 9.17) is 0 Å².